The number of hydrazine groups is 1. The molecule has 1 aromatic carbocycles. The van der Waals surface area contributed by atoms with Crippen LogP contribution in [0.15, 0.2) is 22.8 Å². The Morgan fingerprint density at radius 2 is 1.95 bits per heavy atom. The molecule has 1 aromatic heterocycles. The lowest BCUT2D eigenvalue weighted by Crippen LogP contribution is -2.32. The summed E-state index contributed by atoms with van der Waals surface area (Å²) in [5, 5.41) is 4.06. The van der Waals surface area contributed by atoms with Crippen molar-refractivity contribution in [2.75, 3.05) is 0 Å². The molecule has 3 N–H and O–H groups in total. The molecule has 0 saturated heterocycles. The van der Waals surface area contributed by atoms with Crippen LogP contribution >= 0.6 is 15.9 Å². The predicted molar refractivity (Wildman–Crippen MR) is 71.1 cm³/mol. The van der Waals surface area contributed by atoms with E-state index in [4.69, 9.17) is 5.84 Å². The molecule has 4 nitrogen and oxygen atoms in total. The van der Waals surface area contributed by atoms with E-state index in [1.165, 1.54) is 10.9 Å². The summed E-state index contributed by atoms with van der Waals surface area (Å²) in [5.41, 5.74) is 2.45. The van der Waals surface area contributed by atoms with Gasteiger partial charge in [0.05, 0.1) is 22.4 Å². The Bertz CT molecular complexity index is 606. The minimum atomic E-state index is -1.01. The Kier molecular flexibility index (Phi) is 4.46. The quantitative estimate of drug-likeness (QED) is 0.659. The fraction of sp³-hybridized carbons (Fsp3) is 0.250. The van der Waals surface area contributed by atoms with Crippen molar-refractivity contribution in [1.82, 2.24) is 15.2 Å². The number of aryl methyl sites for hydroxylation is 1. The van der Waals surface area contributed by atoms with Crippen molar-refractivity contribution in [2.45, 2.75) is 19.5 Å². The van der Waals surface area contributed by atoms with Crippen LogP contribution in [0.25, 0.3) is 0 Å². The summed E-state index contributed by atoms with van der Waals surface area (Å²) < 4.78 is 42.8. The number of rotatable bonds is 4. The molecule has 2 rings (SSSR count). The maximum atomic E-state index is 13.9. The average molecular weight is 349 g/mol. The van der Waals surface area contributed by atoms with Crippen LogP contribution in [0.1, 0.15) is 24.2 Å². The van der Waals surface area contributed by atoms with E-state index in [1.807, 2.05) is 6.92 Å². The van der Waals surface area contributed by atoms with Gasteiger partial charge in [-0.05, 0) is 22.9 Å². The van der Waals surface area contributed by atoms with Crippen molar-refractivity contribution < 1.29 is 13.2 Å². The van der Waals surface area contributed by atoms with Crippen molar-refractivity contribution in [2.24, 2.45) is 5.84 Å². The third-order valence-electron chi connectivity index (χ3n) is 2.91. The molecule has 0 aliphatic heterocycles. The van der Waals surface area contributed by atoms with Crippen LogP contribution < -0.4 is 11.3 Å². The van der Waals surface area contributed by atoms with E-state index >= 15 is 0 Å². The fourth-order valence-electron chi connectivity index (χ4n) is 2.04. The van der Waals surface area contributed by atoms with Crippen LogP contribution in [0, 0.1) is 17.5 Å². The highest BCUT2D eigenvalue weighted by Crippen LogP contribution is 2.31. The second-order valence-corrected chi connectivity index (χ2v) is 4.93. The van der Waals surface area contributed by atoms with Crippen molar-refractivity contribution in [3.63, 3.8) is 0 Å². The first-order chi connectivity index (χ1) is 9.49. The number of hydrogen-bond acceptors (Lipinski definition) is 3. The summed E-state index contributed by atoms with van der Waals surface area (Å²) in [6, 6.07) is 0.236. The summed E-state index contributed by atoms with van der Waals surface area (Å²) in [7, 11) is 0. The highest BCUT2D eigenvalue weighted by atomic mass is 79.9. The van der Waals surface area contributed by atoms with Crippen molar-refractivity contribution in [1.29, 1.82) is 0 Å². The smallest absolute Gasteiger partial charge is 0.134 e. The highest BCUT2D eigenvalue weighted by molar-refractivity contribution is 9.10. The van der Waals surface area contributed by atoms with Gasteiger partial charge in [-0.25, -0.2) is 18.6 Å². The van der Waals surface area contributed by atoms with Crippen LogP contribution in [-0.4, -0.2) is 9.78 Å². The molecule has 0 amide bonds. The van der Waals surface area contributed by atoms with Crippen molar-refractivity contribution in [3.8, 4) is 0 Å². The van der Waals surface area contributed by atoms with Gasteiger partial charge in [-0.1, -0.05) is 0 Å². The zero-order valence-electron chi connectivity index (χ0n) is 10.5. The van der Waals surface area contributed by atoms with Gasteiger partial charge in [-0.3, -0.25) is 10.5 Å². The van der Waals surface area contributed by atoms with Crippen LogP contribution in [0.3, 0.4) is 0 Å². The van der Waals surface area contributed by atoms with Crippen LogP contribution in [-0.2, 0) is 6.54 Å². The lowest BCUT2D eigenvalue weighted by molar-refractivity contribution is 0.471. The number of benzene rings is 1. The minimum Gasteiger partial charge on any atom is -0.271 e. The Morgan fingerprint density at radius 3 is 2.45 bits per heavy atom. The van der Waals surface area contributed by atoms with Gasteiger partial charge in [0, 0.05) is 24.2 Å². The van der Waals surface area contributed by atoms with E-state index in [9.17, 15) is 13.2 Å². The number of aromatic nitrogens is 2. The number of halogens is 4. The lowest BCUT2D eigenvalue weighted by Gasteiger charge is -2.19. The molecule has 0 bridgehead atoms. The third-order valence-corrected chi connectivity index (χ3v) is 3.52. The molecule has 0 saturated carbocycles. The molecule has 0 aliphatic carbocycles. The molecule has 108 valence electrons. The Morgan fingerprint density at radius 1 is 1.35 bits per heavy atom. The summed E-state index contributed by atoms with van der Waals surface area (Å²) in [6.07, 6.45) is 1.50. The second-order valence-electron chi connectivity index (χ2n) is 4.08. The zero-order valence-corrected chi connectivity index (χ0v) is 12.1. The van der Waals surface area contributed by atoms with Gasteiger partial charge >= 0.3 is 0 Å². The molecule has 8 heteroatoms. The molecule has 20 heavy (non-hydrogen) atoms. The summed E-state index contributed by atoms with van der Waals surface area (Å²) >= 11 is 3.26. The first-order valence-electron chi connectivity index (χ1n) is 5.81. The third kappa shape index (κ3) is 2.58. The SMILES string of the molecule is CCn1ncc(Br)c1C(NN)c1c(F)cc(F)cc1F. The largest absolute Gasteiger partial charge is 0.271 e. The van der Waals surface area contributed by atoms with Crippen molar-refractivity contribution in [3.05, 3.63) is 51.5 Å². The monoisotopic (exact) mass is 348 g/mol. The van der Waals surface area contributed by atoms with Crippen LogP contribution in [0.2, 0.25) is 0 Å². The standard InChI is InChI=1S/C12H12BrF3N4/c1-2-20-12(7(13)5-18-20)11(19-17)10-8(15)3-6(14)4-9(10)16/h3-5,11,19H,2,17H2,1H3. The van der Waals surface area contributed by atoms with Crippen LogP contribution in [0.5, 0.6) is 0 Å². The van der Waals surface area contributed by atoms with E-state index in [0.717, 1.165) is 0 Å². The minimum absolute atomic E-state index is 0.357. The van der Waals surface area contributed by atoms with E-state index in [2.05, 4.69) is 26.5 Å². The first kappa shape index (κ1) is 15.0. The summed E-state index contributed by atoms with van der Waals surface area (Å²) in [4.78, 5) is 0. The highest BCUT2D eigenvalue weighted by Gasteiger charge is 2.27. The Labute approximate surface area is 121 Å². The predicted octanol–water partition coefficient (Wildman–Crippen LogP) is 2.64. The van der Waals surface area contributed by atoms with E-state index in [1.54, 1.807) is 0 Å². The molecule has 0 aliphatic rings. The zero-order chi connectivity index (χ0) is 14.9. The maximum Gasteiger partial charge on any atom is 0.134 e. The molecular formula is C12H12BrF3N4. The van der Waals surface area contributed by atoms with E-state index in [-0.39, 0.29) is 5.56 Å². The molecular weight excluding hydrogens is 337 g/mol. The lowest BCUT2D eigenvalue weighted by atomic mass is 10.0. The normalized spacial score (nSPS) is 12.7. The van der Waals surface area contributed by atoms with Crippen LogP contribution in [0.4, 0.5) is 13.2 Å². The Hall–Kier alpha value is -1.38. The number of nitrogens with zero attached hydrogens (tertiary/aromatic N) is 2. The number of nitrogens with one attached hydrogen (secondary N) is 1. The fourth-order valence-corrected chi connectivity index (χ4v) is 2.56. The van der Waals surface area contributed by atoms with Crippen molar-refractivity contribution >= 4 is 15.9 Å². The Balaban J connectivity index is 2.61. The molecule has 0 radical (unpaired) electrons. The molecule has 2 aromatic rings. The topological polar surface area (TPSA) is 55.9 Å². The average Bonchev–Trinajstić information content (AvgIpc) is 2.74. The summed E-state index contributed by atoms with van der Waals surface area (Å²) in [6.45, 7) is 2.32. The van der Waals surface area contributed by atoms with E-state index < -0.39 is 23.5 Å². The first-order valence-corrected chi connectivity index (χ1v) is 6.60. The summed E-state index contributed by atoms with van der Waals surface area (Å²) in [5.74, 6) is 2.42. The van der Waals surface area contributed by atoms with Gasteiger partial charge in [0.1, 0.15) is 17.5 Å². The van der Waals surface area contributed by atoms with Gasteiger partial charge in [-0.15, -0.1) is 0 Å². The van der Waals surface area contributed by atoms with Gasteiger partial charge in [0.2, 0.25) is 0 Å². The van der Waals surface area contributed by atoms with Gasteiger partial charge < -0.3 is 0 Å². The molecule has 1 heterocycles. The maximum absolute atomic E-state index is 13.9. The number of nitrogens with two attached hydrogens (primary N) is 1. The van der Waals surface area contributed by atoms with Gasteiger partial charge in [0.25, 0.3) is 0 Å². The van der Waals surface area contributed by atoms with Gasteiger partial charge in [-0.2, -0.15) is 5.10 Å². The second kappa shape index (κ2) is 5.94. The molecule has 1 atom stereocenters. The molecule has 0 spiro atoms. The molecule has 0 fully saturated rings. The number of hydrogen-bond donors (Lipinski definition) is 2. The van der Waals surface area contributed by atoms with Gasteiger partial charge in [0.15, 0.2) is 0 Å². The van der Waals surface area contributed by atoms with E-state index in [0.29, 0.717) is 28.8 Å². The molecule has 1 unspecified atom stereocenters.